The van der Waals surface area contributed by atoms with Crippen molar-refractivity contribution in [2.75, 3.05) is 0 Å². The third-order valence-corrected chi connectivity index (χ3v) is 3.65. The van der Waals surface area contributed by atoms with Crippen molar-refractivity contribution < 1.29 is 4.79 Å². The molecule has 0 heterocycles. The molecule has 0 unspecified atom stereocenters. The highest BCUT2D eigenvalue weighted by Gasteiger charge is 2.25. The van der Waals surface area contributed by atoms with Gasteiger partial charge in [0.05, 0.1) is 12.1 Å². The van der Waals surface area contributed by atoms with Crippen LogP contribution >= 0.6 is 0 Å². The molecule has 0 spiro atoms. The molecule has 2 aromatic rings. The summed E-state index contributed by atoms with van der Waals surface area (Å²) in [5.74, 6) is -1.44. The Morgan fingerprint density at radius 2 is 1.52 bits per heavy atom. The number of nitriles is 2. The molecule has 114 valence electrons. The molecule has 0 fully saturated rings. The van der Waals surface area contributed by atoms with E-state index in [9.17, 15) is 15.3 Å². The second kappa shape index (κ2) is 8.36. The molecule has 2 aromatic carbocycles. The Balaban J connectivity index is 2.04. The van der Waals surface area contributed by atoms with Crippen molar-refractivity contribution in [1.29, 1.82) is 10.5 Å². The normalized spacial score (nSPS) is 11.3. The van der Waals surface area contributed by atoms with Gasteiger partial charge in [-0.05, 0) is 11.1 Å². The topological polar surface area (TPSA) is 76.7 Å². The van der Waals surface area contributed by atoms with E-state index >= 15 is 0 Å². The van der Waals surface area contributed by atoms with Crippen molar-refractivity contribution in [3.8, 4) is 12.1 Å². The van der Waals surface area contributed by atoms with Gasteiger partial charge in [0.25, 0.3) is 0 Å². The molecular formula is C19H17N3O. The standard InChI is InChI=1S/C19H17N3O/c20-12-17(13-21)18(16-9-5-2-6-10-16)11-19(23)22-14-15-7-3-1-4-8-15/h1-10,17-18H,11,14H2,(H,22,23)/t18-/m0/s1. The van der Waals surface area contributed by atoms with Gasteiger partial charge in [-0.3, -0.25) is 4.79 Å². The highest BCUT2D eigenvalue weighted by atomic mass is 16.1. The van der Waals surface area contributed by atoms with E-state index in [0.29, 0.717) is 6.54 Å². The zero-order valence-electron chi connectivity index (χ0n) is 12.6. The van der Waals surface area contributed by atoms with Gasteiger partial charge in [0.2, 0.25) is 5.91 Å². The van der Waals surface area contributed by atoms with Crippen molar-refractivity contribution in [2.45, 2.75) is 18.9 Å². The first-order chi connectivity index (χ1) is 11.2. The Bertz CT molecular complexity index is 700. The van der Waals surface area contributed by atoms with Crippen molar-refractivity contribution in [1.82, 2.24) is 5.32 Å². The maximum atomic E-state index is 12.2. The maximum absolute atomic E-state index is 12.2. The van der Waals surface area contributed by atoms with Crippen LogP contribution in [0.15, 0.2) is 60.7 Å². The van der Waals surface area contributed by atoms with Crippen LogP contribution in [0.2, 0.25) is 0 Å². The fourth-order valence-corrected chi connectivity index (χ4v) is 2.41. The van der Waals surface area contributed by atoms with E-state index < -0.39 is 11.8 Å². The highest BCUT2D eigenvalue weighted by Crippen LogP contribution is 2.27. The fraction of sp³-hybridized carbons (Fsp3) is 0.211. The number of nitrogens with one attached hydrogen (secondary N) is 1. The number of nitrogens with zero attached hydrogens (tertiary/aromatic N) is 2. The summed E-state index contributed by atoms with van der Waals surface area (Å²) in [5.41, 5.74) is 1.84. The summed E-state index contributed by atoms with van der Waals surface area (Å²) in [6.45, 7) is 0.435. The summed E-state index contributed by atoms with van der Waals surface area (Å²) in [4.78, 5) is 12.2. The smallest absolute Gasteiger partial charge is 0.220 e. The maximum Gasteiger partial charge on any atom is 0.220 e. The van der Waals surface area contributed by atoms with Gasteiger partial charge in [0.1, 0.15) is 5.92 Å². The Morgan fingerprint density at radius 1 is 0.957 bits per heavy atom. The third-order valence-electron chi connectivity index (χ3n) is 3.65. The summed E-state index contributed by atoms with van der Waals surface area (Å²) < 4.78 is 0. The predicted molar refractivity (Wildman–Crippen MR) is 86.8 cm³/mol. The molecule has 0 aliphatic heterocycles. The van der Waals surface area contributed by atoms with Crippen molar-refractivity contribution in [2.24, 2.45) is 5.92 Å². The molecule has 0 aliphatic rings. The average molecular weight is 303 g/mol. The molecule has 0 aromatic heterocycles. The van der Waals surface area contributed by atoms with Crippen LogP contribution in [0, 0.1) is 28.6 Å². The lowest BCUT2D eigenvalue weighted by Gasteiger charge is -2.17. The minimum atomic E-state index is -0.847. The molecule has 4 heteroatoms. The van der Waals surface area contributed by atoms with Crippen LogP contribution in [0.25, 0.3) is 0 Å². The predicted octanol–water partition coefficient (Wildman–Crippen LogP) is 3.14. The van der Waals surface area contributed by atoms with Crippen molar-refractivity contribution >= 4 is 5.91 Å². The zero-order chi connectivity index (χ0) is 16.5. The summed E-state index contributed by atoms with van der Waals surface area (Å²) >= 11 is 0. The van der Waals surface area contributed by atoms with E-state index in [4.69, 9.17) is 0 Å². The third kappa shape index (κ3) is 4.69. The summed E-state index contributed by atoms with van der Waals surface area (Å²) in [6.07, 6.45) is 0.114. The van der Waals surface area contributed by atoms with Crippen LogP contribution in [0.1, 0.15) is 23.5 Å². The van der Waals surface area contributed by atoms with Crippen molar-refractivity contribution in [3.63, 3.8) is 0 Å². The molecule has 1 amide bonds. The van der Waals surface area contributed by atoms with E-state index in [0.717, 1.165) is 11.1 Å². The number of hydrogen-bond donors (Lipinski definition) is 1. The van der Waals surface area contributed by atoms with Crippen LogP contribution in [-0.2, 0) is 11.3 Å². The molecule has 0 saturated carbocycles. The first-order valence-corrected chi connectivity index (χ1v) is 7.39. The summed E-state index contributed by atoms with van der Waals surface area (Å²) in [7, 11) is 0. The lowest BCUT2D eigenvalue weighted by Crippen LogP contribution is -2.26. The van der Waals surface area contributed by atoms with E-state index in [-0.39, 0.29) is 12.3 Å². The molecule has 23 heavy (non-hydrogen) atoms. The molecule has 0 radical (unpaired) electrons. The minimum absolute atomic E-state index is 0.114. The van der Waals surface area contributed by atoms with Gasteiger partial charge in [-0.2, -0.15) is 10.5 Å². The Labute approximate surface area is 136 Å². The number of benzene rings is 2. The van der Waals surface area contributed by atoms with Gasteiger partial charge >= 0.3 is 0 Å². The summed E-state index contributed by atoms with van der Waals surface area (Å²) in [6, 6.07) is 22.8. The van der Waals surface area contributed by atoms with Crippen LogP contribution in [-0.4, -0.2) is 5.91 Å². The number of carbonyl (C=O) groups excluding carboxylic acids is 1. The van der Waals surface area contributed by atoms with Gasteiger partial charge in [0, 0.05) is 18.9 Å². The van der Waals surface area contributed by atoms with Gasteiger partial charge in [-0.1, -0.05) is 60.7 Å². The molecule has 0 bridgehead atoms. The Kier molecular flexibility index (Phi) is 5.91. The van der Waals surface area contributed by atoms with Gasteiger partial charge in [-0.15, -0.1) is 0 Å². The van der Waals surface area contributed by atoms with Crippen LogP contribution in [0.3, 0.4) is 0 Å². The van der Waals surface area contributed by atoms with Crippen LogP contribution < -0.4 is 5.32 Å². The number of amides is 1. The highest BCUT2D eigenvalue weighted by molar-refractivity contribution is 5.77. The molecule has 0 aliphatic carbocycles. The number of rotatable bonds is 6. The van der Waals surface area contributed by atoms with Crippen molar-refractivity contribution in [3.05, 3.63) is 71.8 Å². The first-order valence-electron chi connectivity index (χ1n) is 7.39. The lowest BCUT2D eigenvalue weighted by molar-refractivity contribution is -0.121. The number of hydrogen-bond acceptors (Lipinski definition) is 3. The second-order valence-corrected chi connectivity index (χ2v) is 5.22. The fourth-order valence-electron chi connectivity index (χ4n) is 2.41. The van der Waals surface area contributed by atoms with E-state index in [1.165, 1.54) is 0 Å². The van der Waals surface area contributed by atoms with Crippen LogP contribution in [0.4, 0.5) is 0 Å². The minimum Gasteiger partial charge on any atom is -0.352 e. The molecule has 2 rings (SSSR count). The zero-order valence-corrected chi connectivity index (χ0v) is 12.6. The molecule has 0 saturated heterocycles. The lowest BCUT2D eigenvalue weighted by atomic mass is 9.85. The van der Waals surface area contributed by atoms with Gasteiger partial charge in [-0.25, -0.2) is 0 Å². The quantitative estimate of drug-likeness (QED) is 0.890. The average Bonchev–Trinajstić information content (AvgIpc) is 2.62. The monoisotopic (exact) mass is 303 g/mol. The van der Waals surface area contributed by atoms with Crippen LogP contribution in [0.5, 0.6) is 0 Å². The van der Waals surface area contributed by atoms with E-state index in [2.05, 4.69) is 5.32 Å². The van der Waals surface area contributed by atoms with Gasteiger partial charge in [0.15, 0.2) is 0 Å². The van der Waals surface area contributed by atoms with Gasteiger partial charge < -0.3 is 5.32 Å². The van der Waals surface area contributed by atoms with E-state index in [1.807, 2.05) is 72.8 Å². The number of carbonyl (C=O) groups is 1. The Morgan fingerprint density at radius 3 is 2.09 bits per heavy atom. The second-order valence-electron chi connectivity index (χ2n) is 5.22. The molecule has 1 N–H and O–H groups in total. The Hall–Kier alpha value is -3.11. The molecule has 4 nitrogen and oxygen atoms in total. The largest absolute Gasteiger partial charge is 0.352 e. The molecule has 1 atom stereocenters. The first kappa shape index (κ1) is 16.3. The summed E-state index contributed by atoms with van der Waals surface area (Å²) in [5, 5.41) is 21.2. The SMILES string of the molecule is N#CC(C#N)[C@@H](CC(=O)NCc1ccccc1)c1ccccc1. The molecular weight excluding hydrogens is 286 g/mol. The van der Waals surface area contributed by atoms with E-state index in [1.54, 1.807) is 0 Å².